The highest BCUT2D eigenvalue weighted by atomic mass is 16.1. The molecule has 0 unspecified atom stereocenters. The standard InChI is InChI=1S/C15H17N5O/c1-10-14(11(2)20(3)19-10)15(21)18-13-9-12(5-4-7-16)6-8-17-13/h6,8-9H,7,16H2,1-3H3,(H,17,18,21). The molecule has 21 heavy (non-hydrogen) atoms. The Balaban J connectivity index is 2.24. The normalized spacial score (nSPS) is 9.90. The lowest BCUT2D eigenvalue weighted by Crippen LogP contribution is -2.15. The summed E-state index contributed by atoms with van der Waals surface area (Å²) in [6.45, 7) is 3.95. The van der Waals surface area contributed by atoms with Gasteiger partial charge in [0.25, 0.3) is 5.91 Å². The fourth-order valence-corrected chi connectivity index (χ4v) is 2.01. The lowest BCUT2D eigenvalue weighted by atomic mass is 10.2. The van der Waals surface area contributed by atoms with Crippen LogP contribution < -0.4 is 11.1 Å². The molecule has 0 radical (unpaired) electrons. The van der Waals surface area contributed by atoms with Gasteiger partial charge in [0.15, 0.2) is 0 Å². The number of anilines is 1. The van der Waals surface area contributed by atoms with Gasteiger partial charge in [-0.1, -0.05) is 11.8 Å². The zero-order valence-electron chi connectivity index (χ0n) is 12.3. The van der Waals surface area contributed by atoms with Crippen LogP contribution in [-0.2, 0) is 7.05 Å². The predicted octanol–water partition coefficient (Wildman–Crippen LogP) is 0.994. The SMILES string of the molecule is Cc1nn(C)c(C)c1C(=O)Nc1cc(C#CCN)ccn1. The fourth-order valence-electron chi connectivity index (χ4n) is 2.01. The zero-order chi connectivity index (χ0) is 15.4. The number of nitrogens with one attached hydrogen (secondary N) is 1. The number of hydrogen-bond donors (Lipinski definition) is 2. The predicted molar refractivity (Wildman–Crippen MR) is 80.8 cm³/mol. The van der Waals surface area contributed by atoms with Crippen LogP contribution in [0.3, 0.4) is 0 Å². The summed E-state index contributed by atoms with van der Waals surface area (Å²) in [4.78, 5) is 16.5. The van der Waals surface area contributed by atoms with Gasteiger partial charge < -0.3 is 11.1 Å². The van der Waals surface area contributed by atoms with E-state index in [0.29, 0.717) is 17.1 Å². The average molecular weight is 283 g/mol. The number of nitrogens with two attached hydrogens (primary N) is 1. The lowest BCUT2D eigenvalue weighted by Gasteiger charge is -2.05. The molecule has 2 heterocycles. The van der Waals surface area contributed by atoms with Gasteiger partial charge in [-0.15, -0.1) is 0 Å². The average Bonchev–Trinajstić information content (AvgIpc) is 2.70. The third-order valence-electron chi connectivity index (χ3n) is 3.07. The quantitative estimate of drug-likeness (QED) is 0.805. The molecule has 0 aliphatic rings. The van der Waals surface area contributed by atoms with E-state index in [-0.39, 0.29) is 12.5 Å². The first-order chi connectivity index (χ1) is 10.0. The molecule has 0 aliphatic heterocycles. The zero-order valence-corrected chi connectivity index (χ0v) is 12.3. The molecule has 108 valence electrons. The Morgan fingerprint density at radius 3 is 2.86 bits per heavy atom. The maximum Gasteiger partial charge on any atom is 0.260 e. The van der Waals surface area contributed by atoms with Crippen LogP contribution in [0.1, 0.15) is 27.3 Å². The van der Waals surface area contributed by atoms with Gasteiger partial charge in [-0.25, -0.2) is 4.98 Å². The van der Waals surface area contributed by atoms with Crippen molar-refractivity contribution in [1.82, 2.24) is 14.8 Å². The summed E-state index contributed by atoms with van der Waals surface area (Å²) in [5, 5.41) is 7.00. The van der Waals surface area contributed by atoms with Crippen molar-refractivity contribution in [2.75, 3.05) is 11.9 Å². The second-order valence-electron chi connectivity index (χ2n) is 4.56. The van der Waals surface area contributed by atoms with Crippen molar-refractivity contribution >= 4 is 11.7 Å². The van der Waals surface area contributed by atoms with E-state index in [9.17, 15) is 4.79 Å². The summed E-state index contributed by atoms with van der Waals surface area (Å²) in [5.74, 6) is 5.89. The number of carbonyl (C=O) groups excluding carboxylic acids is 1. The molecule has 0 atom stereocenters. The summed E-state index contributed by atoms with van der Waals surface area (Å²) in [5.41, 5.74) is 8.16. The van der Waals surface area contributed by atoms with Crippen LogP contribution >= 0.6 is 0 Å². The van der Waals surface area contributed by atoms with E-state index in [0.717, 1.165) is 11.3 Å². The van der Waals surface area contributed by atoms with Gasteiger partial charge in [0, 0.05) is 24.5 Å². The molecule has 0 saturated carbocycles. The highest BCUT2D eigenvalue weighted by Gasteiger charge is 2.17. The Labute approximate surface area is 123 Å². The Morgan fingerprint density at radius 1 is 1.48 bits per heavy atom. The van der Waals surface area contributed by atoms with Crippen molar-refractivity contribution in [3.63, 3.8) is 0 Å². The molecule has 0 fully saturated rings. The Hall–Kier alpha value is -2.65. The van der Waals surface area contributed by atoms with Gasteiger partial charge in [0.05, 0.1) is 17.8 Å². The maximum absolute atomic E-state index is 12.3. The molecule has 0 saturated heterocycles. The van der Waals surface area contributed by atoms with Crippen LogP contribution in [-0.4, -0.2) is 27.2 Å². The largest absolute Gasteiger partial charge is 0.320 e. The third-order valence-corrected chi connectivity index (χ3v) is 3.07. The molecule has 2 rings (SSSR count). The fraction of sp³-hybridized carbons (Fsp3) is 0.267. The third kappa shape index (κ3) is 3.27. The monoisotopic (exact) mass is 283 g/mol. The number of aryl methyl sites for hydroxylation is 2. The second-order valence-corrected chi connectivity index (χ2v) is 4.56. The molecule has 1 amide bonds. The molecule has 0 bridgehead atoms. The molecule has 0 aliphatic carbocycles. The number of aromatic nitrogens is 3. The van der Waals surface area contributed by atoms with E-state index in [2.05, 4.69) is 27.2 Å². The number of carbonyl (C=O) groups is 1. The van der Waals surface area contributed by atoms with Crippen LogP contribution in [0.5, 0.6) is 0 Å². The molecule has 6 heteroatoms. The summed E-state index contributed by atoms with van der Waals surface area (Å²) in [6, 6.07) is 3.47. The van der Waals surface area contributed by atoms with Crippen LogP contribution in [0, 0.1) is 25.7 Å². The van der Waals surface area contributed by atoms with Gasteiger partial charge >= 0.3 is 0 Å². The van der Waals surface area contributed by atoms with Gasteiger partial charge in [-0.3, -0.25) is 9.48 Å². The summed E-state index contributed by atoms with van der Waals surface area (Å²) in [7, 11) is 1.81. The summed E-state index contributed by atoms with van der Waals surface area (Å²) >= 11 is 0. The molecule has 0 spiro atoms. The van der Waals surface area contributed by atoms with Crippen molar-refractivity contribution in [2.45, 2.75) is 13.8 Å². The Kier molecular flexibility index (Phi) is 4.36. The number of amides is 1. The van der Waals surface area contributed by atoms with Crippen LogP contribution in [0.4, 0.5) is 5.82 Å². The maximum atomic E-state index is 12.3. The highest BCUT2D eigenvalue weighted by molar-refractivity contribution is 6.05. The van der Waals surface area contributed by atoms with E-state index >= 15 is 0 Å². The first kappa shape index (κ1) is 14.8. The van der Waals surface area contributed by atoms with Gasteiger partial charge in [0.2, 0.25) is 0 Å². The van der Waals surface area contributed by atoms with Crippen molar-refractivity contribution in [2.24, 2.45) is 12.8 Å². The van der Waals surface area contributed by atoms with Crippen molar-refractivity contribution in [3.8, 4) is 11.8 Å². The van der Waals surface area contributed by atoms with E-state index in [1.807, 2.05) is 6.92 Å². The molecule has 2 aromatic rings. The number of rotatable bonds is 2. The van der Waals surface area contributed by atoms with Crippen molar-refractivity contribution in [3.05, 3.63) is 40.8 Å². The first-order valence-electron chi connectivity index (χ1n) is 6.49. The van der Waals surface area contributed by atoms with Gasteiger partial charge in [-0.05, 0) is 26.0 Å². The second kappa shape index (κ2) is 6.20. The molecule has 0 aromatic carbocycles. The van der Waals surface area contributed by atoms with Crippen molar-refractivity contribution in [1.29, 1.82) is 0 Å². The van der Waals surface area contributed by atoms with Gasteiger partial charge in [0.1, 0.15) is 5.82 Å². The minimum absolute atomic E-state index is 0.227. The Bertz CT molecular complexity index is 736. The van der Waals surface area contributed by atoms with E-state index < -0.39 is 0 Å². The van der Waals surface area contributed by atoms with Crippen LogP contribution in [0.2, 0.25) is 0 Å². The minimum atomic E-state index is -0.227. The number of hydrogen-bond acceptors (Lipinski definition) is 4. The van der Waals surface area contributed by atoms with Crippen LogP contribution in [0.25, 0.3) is 0 Å². The first-order valence-corrected chi connectivity index (χ1v) is 6.49. The molecule has 3 N–H and O–H groups in total. The highest BCUT2D eigenvalue weighted by Crippen LogP contribution is 2.14. The summed E-state index contributed by atoms with van der Waals surface area (Å²) in [6.07, 6.45) is 1.60. The minimum Gasteiger partial charge on any atom is -0.320 e. The molecule has 6 nitrogen and oxygen atoms in total. The molecule has 2 aromatic heterocycles. The molecular weight excluding hydrogens is 266 g/mol. The smallest absolute Gasteiger partial charge is 0.260 e. The topological polar surface area (TPSA) is 85.8 Å². The molecular formula is C15H17N5O. The van der Waals surface area contributed by atoms with E-state index in [1.165, 1.54) is 0 Å². The number of nitrogens with zero attached hydrogens (tertiary/aromatic N) is 3. The lowest BCUT2D eigenvalue weighted by molar-refractivity contribution is 0.102. The summed E-state index contributed by atoms with van der Waals surface area (Å²) < 4.78 is 1.68. The van der Waals surface area contributed by atoms with Crippen LogP contribution in [0.15, 0.2) is 18.3 Å². The Morgan fingerprint density at radius 2 is 2.24 bits per heavy atom. The van der Waals surface area contributed by atoms with E-state index in [1.54, 1.807) is 37.0 Å². The van der Waals surface area contributed by atoms with Gasteiger partial charge in [-0.2, -0.15) is 5.10 Å². The van der Waals surface area contributed by atoms with Crippen molar-refractivity contribution < 1.29 is 4.79 Å². The number of pyridine rings is 1. The van der Waals surface area contributed by atoms with E-state index in [4.69, 9.17) is 5.73 Å².